The van der Waals surface area contributed by atoms with E-state index in [2.05, 4.69) is 27.4 Å². The van der Waals surface area contributed by atoms with Gasteiger partial charge in [0.1, 0.15) is 0 Å². The second kappa shape index (κ2) is 6.89. The smallest absolute Gasteiger partial charge is 0.159 e. The van der Waals surface area contributed by atoms with Crippen molar-refractivity contribution < 1.29 is 13.9 Å². The molecule has 2 bridgehead atoms. The molecule has 0 aliphatic carbocycles. The van der Waals surface area contributed by atoms with Crippen LogP contribution in [0.5, 0.6) is 0 Å². The highest BCUT2D eigenvalue weighted by Crippen LogP contribution is 2.43. The third kappa shape index (κ3) is 3.34. The van der Waals surface area contributed by atoms with Crippen molar-refractivity contribution in [1.82, 2.24) is 14.5 Å². The van der Waals surface area contributed by atoms with Crippen molar-refractivity contribution in [2.75, 3.05) is 0 Å². The highest BCUT2D eigenvalue weighted by atomic mass is 19.2. The Labute approximate surface area is 168 Å². The van der Waals surface area contributed by atoms with E-state index >= 15 is 0 Å². The molecule has 0 spiro atoms. The minimum atomic E-state index is -0.812. The van der Waals surface area contributed by atoms with Crippen LogP contribution in [0.25, 0.3) is 10.9 Å². The fourth-order valence-electron chi connectivity index (χ4n) is 5.39. The van der Waals surface area contributed by atoms with Gasteiger partial charge in [0.2, 0.25) is 0 Å². The molecule has 1 N–H and O–H groups in total. The maximum absolute atomic E-state index is 13.6. The summed E-state index contributed by atoms with van der Waals surface area (Å²) >= 11 is 0. The van der Waals surface area contributed by atoms with E-state index in [1.165, 1.54) is 12.1 Å². The zero-order chi connectivity index (χ0) is 20.2. The molecule has 3 aromatic rings. The van der Waals surface area contributed by atoms with E-state index in [0.717, 1.165) is 35.0 Å². The van der Waals surface area contributed by atoms with Crippen LogP contribution in [0.1, 0.15) is 36.9 Å². The number of aryl methyl sites for hydroxylation is 1. The van der Waals surface area contributed by atoms with Gasteiger partial charge in [-0.3, -0.25) is 9.88 Å². The summed E-state index contributed by atoms with van der Waals surface area (Å²) in [5.74, 6) is -1.61. The number of aromatic nitrogens is 2. The van der Waals surface area contributed by atoms with Crippen molar-refractivity contribution >= 4 is 10.9 Å². The van der Waals surface area contributed by atoms with Gasteiger partial charge < -0.3 is 9.67 Å². The Kier molecular flexibility index (Phi) is 4.44. The first-order valence-electron chi connectivity index (χ1n) is 10.2. The number of aliphatic hydroxyl groups is 1. The topological polar surface area (TPSA) is 41.3 Å². The van der Waals surface area contributed by atoms with Gasteiger partial charge in [-0.15, -0.1) is 0 Å². The summed E-state index contributed by atoms with van der Waals surface area (Å²) in [5.41, 5.74) is 2.18. The van der Waals surface area contributed by atoms with Crippen molar-refractivity contribution in [3.8, 4) is 0 Å². The van der Waals surface area contributed by atoms with E-state index in [1.807, 2.05) is 12.3 Å². The number of hydrogen-bond acceptors (Lipinski definition) is 3. The molecule has 0 saturated carbocycles. The van der Waals surface area contributed by atoms with Gasteiger partial charge in [-0.1, -0.05) is 6.07 Å². The predicted octanol–water partition coefficient (Wildman–Crippen LogP) is 4.18. The van der Waals surface area contributed by atoms with Crippen molar-refractivity contribution in [3.05, 3.63) is 65.6 Å². The van der Waals surface area contributed by atoms with E-state index < -0.39 is 17.2 Å². The van der Waals surface area contributed by atoms with Crippen LogP contribution < -0.4 is 0 Å². The van der Waals surface area contributed by atoms with Crippen LogP contribution in [0, 0.1) is 18.6 Å². The number of halogens is 2. The average Bonchev–Trinajstić information content (AvgIpc) is 3.12. The fourth-order valence-corrected chi connectivity index (χ4v) is 5.39. The molecule has 29 heavy (non-hydrogen) atoms. The second-order valence-corrected chi connectivity index (χ2v) is 8.74. The molecule has 2 saturated heterocycles. The molecule has 2 atom stereocenters. The Morgan fingerprint density at radius 2 is 1.86 bits per heavy atom. The predicted molar refractivity (Wildman–Crippen MR) is 107 cm³/mol. The molecule has 0 amide bonds. The summed E-state index contributed by atoms with van der Waals surface area (Å²) in [7, 11) is 0. The van der Waals surface area contributed by atoms with Gasteiger partial charge in [-0.25, -0.2) is 8.78 Å². The van der Waals surface area contributed by atoms with Gasteiger partial charge in [-0.2, -0.15) is 0 Å². The minimum Gasteiger partial charge on any atom is -0.388 e. The van der Waals surface area contributed by atoms with E-state index in [4.69, 9.17) is 0 Å². The van der Waals surface area contributed by atoms with Gasteiger partial charge >= 0.3 is 0 Å². The molecule has 2 aliphatic rings. The first-order valence-corrected chi connectivity index (χ1v) is 10.2. The SMILES string of the molecule is Cc1cc2ccncc2n1CC1(O)C[C@@H]2CC[C@@H](C1)N2Cc1ccc(F)c(F)c1. The Hall–Kier alpha value is -2.31. The van der Waals surface area contributed by atoms with Crippen LogP contribution in [0.2, 0.25) is 0 Å². The number of pyridine rings is 1. The van der Waals surface area contributed by atoms with Gasteiger partial charge in [0.25, 0.3) is 0 Å². The summed E-state index contributed by atoms with van der Waals surface area (Å²) in [6, 6.07) is 8.78. The molecular formula is C23H25F2N3O. The Morgan fingerprint density at radius 1 is 1.10 bits per heavy atom. The first kappa shape index (κ1) is 18.7. The normalized spacial score (nSPS) is 27.0. The van der Waals surface area contributed by atoms with Gasteiger partial charge in [0.15, 0.2) is 11.6 Å². The van der Waals surface area contributed by atoms with Crippen LogP contribution in [0.3, 0.4) is 0 Å². The van der Waals surface area contributed by atoms with Crippen molar-refractivity contribution in [1.29, 1.82) is 0 Å². The maximum atomic E-state index is 13.6. The summed E-state index contributed by atoms with van der Waals surface area (Å²) in [4.78, 5) is 6.61. The molecule has 0 radical (unpaired) electrons. The first-order chi connectivity index (χ1) is 13.9. The third-order valence-electron chi connectivity index (χ3n) is 6.72. The fraction of sp³-hybridized carbons (Fsp3) is 0.435. The second-order valence-electron chi connectivity index (χ2n) is 8.74. The Balaban J connectivity index is 1.36. The van der Waals surface area contributed by atoms with Crippen LogP contribution in [-0.2, 0) is 13.1 Å². The van der Waals surface area contributed by atoms with Gasteiger partial charge in [-0.05, 0) is 62.4 Å². The largest absolute Gasteiger partial charge is 0.388 e. The molecule has 0 unspecified atom stereocenters. The molecule has 2 aromatic heterocycles. The quantitative estimate of drug-likeness (QED) is 0.718. The standard InChI is InChI=1S/C23H25F2N3O/c1-15-8-17-6-7-26-12-22(17)28(15)14-23(29)10-18-3-4-19(11-23)27(18)13-16-2-5-20(24)21(25)9-16/h2,5-9,12,18-19,29H,3-4,10-11,13-14H2,1H3/t18-,19-/m0/s1. The number of hydrogen-bond donors (Lipinski definition) is 1. The lowest BCUT2D eigenvalue weighted by Gasteiger charge is -2.44. The highest BCUT2D eigenvalue weighted by molar-refractivity contribution is 5.80. The number of benzene rings is 1. The maximum Gasteiger partial charge on any atom is 0.159 e. The number of nitrogens with zero attached hydrogens (tertiary/aromatic N) is 3. The summed E-state index contributed by atoms with van der Waals surface area (Å²) in [5, 5.41) is 12.6. The van der Waals surface area contributed by atoms with Gasteiger partial charge in [0, 0.05) is 35.9 Å². The highest BCUT2D eigenvalue weighted by Gasteiger charge is 2.47. The average molecular weight is 397 g/mol. The molecule has 2 fully saturated rings. The molecule has 5 rings (SSSR count). The van der Waals surface area contributed by atoms with E-state index in [0.29, 0.717) is 25.9 Å². The summed E-state index contributed by atoms with van der Waals surface area (Å²) in [6.07, 6.45) is 7.09. The van der Waals surface area contributed by atoms with Crippen LogP contribution >= 0.6 is 0 Å². The van der Waals surface area contributed by atoms with Crippen LogP contribution in [0.15, 0.2) is 42.7 Å². The molecule has 4 heterocycles. The van der Waals surface area contributed by atoms with Crippen LogP contribution in [-0.4, -0.2) is 37.2 Å². The van der Waals surface area contributed by atoms with E-state index in [9.17, 15) is 13.9 Å². The zero-order valence-electron chi connectivity index (χ0n) is 16.5. The minimum absolute atomic E-state index is 0.257. The van der Waals surface area contributed by atoms with Crippen molar-refractivity contribution in [3.63, 3.8) is 0 Å². The molecule has 6 heteroatoms. The molecule has 1 aromatic carbocycles. The zero-order valence-corrected chi connectivity index (χ0v) is 16.5. The van der Waals surface area contributed by atoms with Crippen molar-refractivity contribution in [2.45, 2.75) is 63.4 Å². The molecule has 4 nitrogen and oxygen atoms in total. The Morgan fingerprint density at radius 3 is 2.59 bits per heavy atom. The van der Waals surface area contributed by atoms with Crippen LogP contribution in [0.4, 0.5) is 8.78 Å². The summed E-state index contributed by atoms with van der Waals surface area (Å²) < 4.78 is 29.0. The number of fused-ring (bicyclic) bond motifs is 3. The number of piperidine rings is 1. The van der Waals surface area contributed by atoms with Gasteiger partial charge in [0.05, 0.1) is 23.9 Å². The van der Waals surface area contributed by atoms with E-state index in [1.54, 1.807) is 12.3 Å². The monoisotopic (exact) mass is 397 g/mol. The molecule has 2 aliphatic heterocycles. The Bertz CT molecular complexity index is 1050. The molecular weight excluding hydrogens is 372 g/mol. The number of rotatable bonds is 4. The lowest BCUT2D eigenvalue weighted by Crippen LogP contribution is -2.52. The summed E-state index contributed by atoms with van der Waals surface area (Å²) in [6.45, 7) is 3.22. The van der Waals surface area contributed by atoms with E-state index in [-0.39, 0.29) is 12.1 Å². The third-order valence-corrected chi connectivity index (χ3v) is 6.72. The van der Waals surface area contributed by atoms with Crippen molar-refractivity contribution in [2.24, 2.45) is 0 Å². The lowest BCUT2D eigenvalue weighted by molar-refractivity contribution is -0.0647. The molecule has 152 valence electrons. The lowest BCUT2D eigenvalue weighted by atomic mass is 9.85.